The molecule has 4 rings (SSSR count). The Bertz CT molecular complexity index is 1160. The van der Waals surface area contributed by atoms with Crippen LogP contribution in [0.15, 0.2) is 36.0 Å². The lowest BCUT2D eigenvalue weighted by Crippen LogP contribution is -2.50. The molecular weight excluding hydrogens is 592 g/mol. The van der Waals surface area contributed by atoms with Gasteiger partial charge in [-0.3, -0.25) is 9.69 Å². The molecule has 0 aromatic rings. The first kappa shape index (κ1) is 36.6. The van der Waals surface area contributed by atoms with Crippen molar-refractivity contribution in [2.75, 3.05) is 20.1 Å². The molecule has 1 amide bonds. The normalized spacial score (nSPS) is 39.2. The van der Waals surface area contributed by atoms with Crippen molar-refractivity contribution in [3.05, 3.63) is 36.0 Å². The number of hydrogen-bond acceptors (Lipinski definition) is 10. The molecule has 0 aromatic heterocycles. The van der Waals surface area contributed by atoms with Crippen molar-refractivity contribution >= 4 is 12.1 Å². The fraction of sp³-hybridized carbons (Fsp3) is 0.771. The minimum Gasteiger partial charge on any atom is -0.457 e. The Labute approximate surface area is 273 Å². The zero-order valence-electron chi connectivity index (χ0n) is 28.5. The molecule has 4 aliphatic heterocycles. The molecular formula is C35H56N2O9. The molecule has 3 saturated heterocycles. The molecule has 11 heteroatoms. The molecule has 0 radical (unpaired) electrons. The Morgan fingerprint density at radius 1 is 1.28 bits per heavy atom. The molecule has 3 fully saturated rings. The summed E-state index contributed by atoms with van der Waals surface area (Å²) >= 11 is 0. The van der Waals surface area contributed by atoms with Gasteiger partial charge in [0.15, 0.2) is 6.10 Å². The number of aliphatic hydroxyl groups excluding tert-OH is 2. The van der Waals surface area contributed by atoms with Crippen LogP contribution in [0, 0.1) is 11.8 Å². The highest BCUT2D eigenvalue weighted by Gasteiger charge is 2.48. The van der Waals surface area contributed by atoms with Crippen molar-refractivity contribution in [2.24, 2.45) is 11.8 Å². The van der Waals surface area contributed by atoms with Crippen LogP contribution in [0.1, 0.15) is 80.1 Å². The fourth-order valence-corrected chi connectivity index (χ4v) is 7.07. The number of piperazine rings is 1. The third-order valence-electron chi connectivity index (χ3n) is 10.3. The van der Waals surface area contributed by atoms with E-state index in [9.17, 15) is 30.0 Å². The summed E-state index contributed by atoms with van der Waals surface area (Å²) < 4.78 is 17.5. The lowest BCUT2D eigenvalue weighted by atomic mass is 9.88. The van der Waals surface area contributed by atoms with Crippen LogP contribution in [-0.2, 0) is 19.0 Å². The highest BCUT2D eigenvalue weighted by atomic mass is 16.6. The van der Waals surface area contributed by atoms with E-state index in [4.69, 9.17) is 14.2 Å². The summed E-state index contributed by atoms with van der Waals surface area (Å²) in [6.07, 6.45) is 6.74. The van der Waals surface area contributed by atoms with Gasteiger partial charge in [0.2, 0.25) is 0 Å². The van der Waals surface area contributed by atoms with Gasteiger partial charge in [0.25, 0.3) is 0 Å². The highest BCUT2D eigenvalue weighted by molar-refractivity contribution is 5.70. The SMILES string of the molecule is CCC(O)C(C)C1OC1CC(C)(O)/C=C/C=C(\C)C1OC(=O)CC(O)CCC(C)(O)C(OC(=O)N2C[C@@H]3C[C@H]2CN3C)/C=C/C1C. The number of epoxide rings is 1. The average Bonchev–Trinajstić information content (AvgIpc) is 3.44. The summed E-state index contributed by atoms with van der Waals surface area (Å²) in [4.78, 5) is 30.1. The molecule has 2 bridgehead atoms. The van der Waals surface area contributed by atoms with E-state index in [0.717, 1.165) is 13.0 Å². The van der Waals surface area contributed by atoms with Crippen LogP contribution in [0.5, 0.6) is 0 Å². The number of likely N-dealkylation sites (N-methyl/N-ethyl adjacent to an activating group) is 1. The number of esters is 1. The quantitative estimate of drug-likeness (QED) is 0.127. The number of allylic oxidation sites excluding steroid dienone is 2. The van der Waals surface area contributed by atoms with Crippen LogP contribution < -0.4 is 0 Å². The van der Waals surface area contributed by atoms with Gasteiger partial charge in [-0.25, -0.2) is 4.79 Å². The molecule has 11 nitrogen and oxygen atoms in total. The minimum absolute atomic E-state index is 0.00933. The summed E-state index contributed by atoms with van der Waals surface area (Å²) in [7, 11) is 2.05. The van der Waals surface area contributed by atoms with E-state index in [0.29, 0.717) is 31.0 Å². The van der Waals surface area contributed by atoms with E-state index < -0.39 is 47.7 Å². The first-order chi connectivity index (χ1) is 21.5. The summed E-state index contributed by atoms with van der Waals surface area (Å²) in [6.45, 7) is 12.2. The van der Waals surface area contributed by atoms with Crippen molar-refractivity contribution in [1.29, 1.82) is 0 Å². The molecule has 10 unspecified atom stereocenters. The van der Waals surface area contributed by atoms with Crippen LogP contribution in [0.2, 0.25) is 0 Å². The minimum atomic E-state index is -1.48. The van der Waals surface area contributed by atoms with Gasteiger partial charge < -0.3 is 39.5 Å². The maximum atomic E-state index is 13.3. The predicted octanol–water partition coefficient (Wildman–Crippen LogP) is 3.10. The summed E-state index contributed by atoms with van der Waals surface area (Å²) in [6, 6.07) is 0.398. The lowest BCUT2D eigenvalue weighted by Gasteiger charge is -2.36. The number of cyclic esters (lactones) is 1. The first-order valence-corrected chi connectivity index (χ1v) is 16.9. The Kier molecular flexibility index (Phi) is 11.8. The van der Waals surface area contributed by atoms with Gasteiger partial charge in [-0.05, 0) is 65.2 Å². The van der Waals surface area contributed by atoms with Crippen LogP contribution >= 0.6 is 0 Å². The number of fused-ring (bicyclic) bond motifs is 2. The van der Waals surface area contributed by atoms with Crippen molar-refractivity contribution in [3.63, 3.8) is 0 Å². The van der Waals surface area contributed by atoms with E-state index in [1.54, 1.807) is 49.1 Å². The zero-order chi connectivity index (χ0) is 34.0. The lowest BCUT2D eigenvalue weighted by molar-refractivity contribution is -0.151. The van der Waals surface area contributed by atoms with Gasteiger partial charge in [-0.2, -0.15) is 0 Å². The molecule has 4 aliphatic rings. The topological polar surface area (TPSA) is 153 Å². The fourth-order valence-electron chi connectivity index (χ4n) is 7.07. The smallest absolute Gasteiger partial charge is 0.410 e. The van der Waals surface area contributed by atoms with Gasteiger partial charge in [-0.1, -0.05) is 45.1 Å². The summed E-state index contributed by atoms with van der Waals surface area (Å²) in [5.41, 5.74) is -1.92. The number of hydrogen-bond donors (Lipinski definition) is 4. The number of amides is 1. The van der Waals surface area contributed by atoms with Crippen LogP contribution in [0.4, 0.5) is 4.79 Å². The average molecular weight is 649 g/mol. The van der Waals surface area contributed by atoms with E-state index in [-0.39, 0.29) is 49.3 Å². The molecule has 0 aliphatic carbocycles. The molecule has 4 heterocycles. The third-order valence-corrected chi connectivity index (χ3v) is 10.3. The van der Waals surface area contributed by atoms with Crippen molar-refractivity contribution < 1.29 is 44.2 Å². The molecule has 0 spiro atoms. The maximum absolute atomic E-state index is 13.3. The molecule has 260 valence electrons. The Hall–Kier alpha value is -2.28. The number of nitrogens with zero attached hydrogens (tertiary/aromatic N) is 2. The van der Waals surface area contributed by atoms with Gasteiger partial charge in [0.05, 0.1) is 36.4 Å². The van der Waals surface area contributed by atoms with E-state index in [1.165, 1.54) is 0 Å². The van der Waals surface area contributed by atoms with Crippen LogP contribution in [0.25, 0.3) is 0 Å². The van der Waals surface area contributed by atoms with E-state index in [2.05, 4.69) is 11.9 Å². The largest absolute Gasteiger partial charge is 0.457 e. The standard InChI is InChI=1S/C35H56N2O9/c1-8-27(39)23(4)32-28(44-32)18-34(5,42)14-9-10-21(2)31-22(3)11-12-29(35(6,43)15-13-26(38)17-30(40)46-31)45-33(41)37-20-24-16-25(37)19-36(24)7/h9-12,14,22-29,31-32,38-39,42-43H,8,13,15-20H2,1-7H3/b12-11+,14-9+,21-10+/t22?,23?,24-,25-,26?,27?,28?,29?,31?,32?,34?,35?/m0/s1. The second kappa shape index (κ2) is 14.9. The van der Waals surface area contributed by atoms with E-state index >= 15 is 0 Å². The Morgan fingerprint density at radius 3 is 2.63 bits per heavy atom. The maximum Gasteiger partial charge on any atom is 0.410 e. The highest BCUT2D eigenvalue weighted by Crippen LogP contribution is 2.38. The second-order valence-electron chi connectivity index (χ2n) is 14.7. The van der Waals surface area contributed by atoms with Crippen molar-refractivity contribution in [1.82, 2.24) is 9.80 Å². The Balaban J connectivity index is 1.46. The van der Waals surface area contributed by atoms with Crippen LogP contribution in [0.3, 0.4) is 0 Å². The van der Waals surface area contributed by atoms with Gasteiger partial charge in [0, 0.05) is 43.4 Å². The third kappa shape index (κ3) is 9.20. The van der Waals surface area contributed by atoms with Gasteiger partial charge in [0.1, 0.15) is 11.7 Å². The number of rotatable bonds is 9. The second-order valence-corrected chi connectivity index (χ2v) is 14.7. The Morgan fingerprint density at radius 2 is 2.00 bits per heavy atom. The predicted molar refractivity (Wildman–Crippen MR) is 173 cm³/mol. The number of ether oxygens (including phenoxy) is 3. The number of aliphatic hydroxyl groups is 4. The molecule has 4 N–H and O–H groups in total. The van der Waals surface area contributed by atoms with Gasteiger partial charge in [-0.15, -0.1) is 0 Å². The van der Waals surface area contributed by atoms with Gasteiger partial charge >= 0.3 is 12.1 Å². The van der Waals surface area contributed by atoms with Crippen molar-refractivity contribution in [3.8, 4) is 0 Å². The summed E-state index contributed by atoms with van der Waals surface area (Å²) in [5, 5.41) is 43.2. The number of likely N-dealkylation sites (tertiary alicyclic amines) is 2. The van der Waals surface area contributed by atoms with E-state index in [1.807, 2.05) is 27.7 Å². The molecule has 46 heavy (non-hydrogen) atoms. The zero-order valence-corrected chi connectivity index (χ0v) is 28.5. The first-order valence-electron chi connectivity index (χ1n) is 16.9. The van der Waals surface area contributed by atoms with Crippen LogP contribution in [-0.4, -0.2) is 122 Å². The molecule has 12 atom stereocenters. The number of carbonyl (C=O) groups excluding carboxylic acids is 2. The molecule has 0 aromatic carbocycles. The monoisotopic (exact) mass is 648 g/mol. The number of carbonyl (C=O) groups is 2. The molecule has 0 saturated carbocycles. The van der Waals surface area contributed by atoms with Crippen molar-refractivity contribution in [2.45, 2.75) is 140 Å². The summed E-state index contributed by atoms with van der Waals surface area (Å²) in [5.74, 6) is -0.935.